The van der Waals surface area contributed by atoms with Crippen LogP contribution in [0.3, 0.4) is 0 Å². The maximum Gasteiger partial charge on any atom is 0.355 e. The van der Waals surface area contributed by atoms with Gasteiger partial charge in [-0.3, -0.25) is 9.59 Å². The second kappa shape index (κ2) is 15.8. The smallest absolute Gasteiger partial charge is 0.355 e. The molecule has 6 aromatic rings. The molecule has 0 saturated carbocycles. The largest absolute Gasteiger partial charge is 0.502 e. The number of aromatic nitrogens is 2. The summed E-state index contributed by atoms with van der Waals surface area (Å²) >= 11 is 0. The molecule has 1 unspecified atom stereocenters. The molecule has 0 amide bonds. The maximum absolute atomic E-state index is 14.0. The number of para-hydroxylation sites is 1. The second-order valence-electron chi connectivity index (χ2n) is 16.8. The number of hydrogen-bond acceptors (Lipinski definition) is 16. The van der Waals surface area contributed by atoms with Crippen molar-refractivity contribution >= 4 is 34.8 Å². The molecule has 11 rings (SSSR count). The molecule has 340 valence electrons. The van der Waals surface area contributed by atoms with E-state index < -0.39 is 59.9 Å². The maximum atomic E-state index is 14.0. The predicted octanol–water partition coefficient (Wildman–Crippen LogP) is 5.99. The van der Waals surface area contributed by atoms with E-state index in [0.29, 0.717) is 46.1 Å². The number of pyridine rings is 2. The van der Waals surface area contributed by atoms with E-state index in [0.717, 1.165) is 16.5 Å². The monoisotopic (exact) mass is 908 g/mol. The van der Waals surface area contributed by atoms with E-state index in [1.807, 2.05) is 30.3 Å². The molecule has 67 heavy (non-hydrogen) atoms. The quantitative estimate of drug-likeness (QED) is 0.123. The predicted molar refractivity (Wildman–Crippen MR) is 232 cm³/mol. The molecule has 1 saturated heterocycles. The summed E-state index contributed by atoms with van der Waals surface area (Å²) in [6.07, 6.45) is -0.984. The molecular formula is C50H40N2O15. The number of phenolic OH excluding ortho intramolecular Hbond substituents is 1. The van der Waals surface area contributed by atoms with Crippen molar-refractivity contribution in [3.05, 3.63) is 134 Å². The Morgan fingerprint density at radius 3 is 2.34 bits per heavy atom. The van der Waals surface area contributed by atoms with Gasteiger partial charge in [0.1, 0.15) is 18.5 Å². The molecule has 2 aromatic heterocycles. The van der Waals surface area contributed by atoms with Crippen LogP contribution in [-0.2, 0) is 52.1 Å². The Hall–Kier alpha value is -8.08. The van der Waals surface area contributed by atoms with Crippen LogP contribution in [0.25, 0.3) is 22.3 Å². The molecule has 1 aliphatic carbocycles. The second-order valence-corrected chi connectivity index (χ2v) is 16.8. The summed E-state index contributed by atoms with van der Waals surface area (Å²) in [6, 6.07) is 23.9. The van der Waals surface area contributed by atoms with Gasteiger partial charge in [0.2, 0.25) is 18.1 Å². The number of benzene rings is 4. The number of aromatic hydroxyl groups is 1. The van der Waals surface area contributed by atoms with Crippen molar-refractivity contribution in [2.45, 2.75) is 44.1 Å². The van der Waals surface area contributed by atoms with Crippen LogP contribution in [0.4, 0.5) is 0 Å². The molecule has 5 aliphatic rings. The van der Waals surface area contributed by atoms with Crippen molar-refractivity contribution in [2.75, 3.05) is 34.2 Å². The molecule has 17 nitrogen and oxygen atoms in total. The molecule has 5 atom stereocenters. The third kappa shape index (κ3) is 6.58. The lowest BCUT2D eigenvalue weighted by Gasteiger charge is -2.38. The van der Waals surface area contributed by atoms with Crippen molar-refractivity contribution in [1.82, 2.24) is 9.55 Å². The van der Waals surface area contributed by atoms with Crippen molar-refractivity contribution in [3.8, 4) is 45.9 Å². The number of hydrogen-bond donors (Lipinski definition) is 1. The van der Waals surface area contributed by atoms with Gasteiger partial charge in [-0.15, -0.1) is 0 Å². The van der Waals surface area contributed by atoms with E-state index in [2.05, 4.69) is 0 Å². The van der Waals surface area contributed by atoms with E-state index in [1.54, 1.807) is 41.8 Å². The summed E-state index contributed by atoms with van der Waals surface area (Å²) in [6.45, 7) is 0.990. The number of fused-ring (bicyclic) bond motifs is 8. The van der Waals surface area contributed by atoms with Crippen molar-refractivity contribution in [3.63, 3.8) is 0 Å². The van der Waals surface area contributed by atoms with E-state index in [9.17, 15) is 29.1 Å². The van der Waals surface area contributed by atoms with Gasteiger partial charge in [-0.05, 0) is 84.3 Å². The van der Waals surface area contributed by atoms with Gasteiger partial charge in [-0.25, -0.2) is 19.4 Å². The van der Waals surface area contributed by atoms with Gasteiger partial charge in [0, 0.05) is 33.9 Å². The van der Waals surface area contributed by atoms with Gasteiger partial charge >= 0.3 is 23.9 Å². The van der Waals surface area contributed by atoms with Crippen LogP contribution < -0.4 is 29.2 Å². The molecule has 6 heterocycles. The zero-order valence-electron chi connectivity index (χ0n) is 36.2. The van der Waals surface area contributed by atoms with Crippen molar-refractivity contribution in [2.24, 2.45) is 11.8 Å². The van der Waals surface area contributed by atoms with E-state index in [4.69, 9.17) is 47.6 Å². The van der Waals surface area contributed by atoms with Gasteiger partial charge in [-0.2, -0.15) is 0 Å². The molecule has 0 radical (unpaired) electrons. The number of carbonyl (C=O) groups excluding carboxylic acids is 4. The number of cyclic esters (lactones) is 2. The van der Waals surface area contributed by atoms with Gasteiger partial charge in [0.25, 0.3) is 5.56 Å². The third-order valence-electron chi connectivity index (χ3n) is 13.3. The Kier molecular flexibility index (Phi) is 9.82. The minimum absolute atomic E-state index is 0.0241. The van der Waals surface area contributed by atoms with E-state index >= 15 is 0 Å². The van der Waals surface area contributed by atoms with Crippen LogP contribution in [0.1, 0.15) is 69.1 Å². The summed E-state index contributed by atoms with van der Waals surface area (Å²) in [5, 5.41) is 11.6. The summed E-state index contributed by atoms with van der Waals surface area (Å²) in [7, 11) is 2.82. The lowest BCUT2D eigenvalue weighted by molar-refractivity contribution is -0.190. The van der Waals surface area contributed by atoms with Crippen LogP contribution in [0.5, 0.6) is 34.5 Å². The van der Waals surface area contributed by atoms with Crippen molar-refractivity contribution in [1.29, 1.82) is 0 Å². The van der Waals surface area contributed by atoms with Crippen LogP contribution >= 0.6 is 0 Å². The zero-order valence-corrected chi connectivity index (χ0v) is 36.2. The number of methoxy groups -OCH3 is 2. The van der Waals surface area contributed by atoms with Gasteiger partial charge in [0.15, 0.2) is 29.6 Å². The molecule has 17 heteroatoms. The number of ether oxygens (including phenoxy) is 9. The average Bonchev–Trinajstić information content (AvgIpc) is 4.07. The lowest BCUT2D eigenvalue weighted by Crippen LogP contribution is -2.48. The molecule has 4 aliphatic heterocycles. The zero-order chi connectivity index (χ0) is 46.3. The highest BCUT2D eigenvalue weighted by Gasteiger charge is 2.55. The Bertz CT molecular complexity index is 3140. The summed E-state index contributed by atoms with van der Waals surface area (Å²) in [5.74, 6) is -3.83. The number of nitrogens with zero attached hydrogens (tertiary/aromatic N) is 2. The summed E-state index contributed by atoms with van der Waals surface area (Å²) in [4.78, 5) is 73.4. The molecule has 1 fully saturated rings. The molecule has 4 aromatic carbocycles. The third-order valence-corrected chi connectivity index (χ3v) is 13.3. The number of phenols is 1. The highest BCUT2D eigenvalue weighted by atomic mass is 16.7. The topological polar surface area (TPSA) is 206 Å². The van der Waals surface area contributed by atoms with Crippen molar-refractivity contribution < 1.29 is 66.9 Å². The summed E-state index contributed by atoms with van der Waals surface area (Å²) in [5.41, 5.74) is 2.80. The first-order chi connectivity index (χ1) is 32.5. The van der Waals surface area contributed by atoms with Gasteiger partial charge in [0.05, 0.1) is 61.3 Å². The standard InChI is InChI=1S/C50H40N2O15/c1-4-50(33-18-35-43-27(13-25-7-5-6-8-34(25)51-43)19-52(35)46(55)31(33)20-63-49(50)58)67-40(53)22-61-28-11-9-24(10-12-28)47(56)66-45-30-17-37-36(64-23-65-37)16-29(30)41(42-32(45)21-62-48(42)57)26-14-38(59-2)44(54)39(15-26)60-3/h5-18,32,41-42,45,54H,4,19-23H2,1-3H3/t32?,41-,42+,45-,50+/m1/s1. The van der Waals surface area contributed by atoms with E-state index in [-0.39, 0.29) is 71.7 Å². The first-order valence-corrected chi connectivity index (χ1v) is 21.5. The molecule has 0 spiro atoms. The van der Waals surface area contributed by atoms with Crippen LogP contribution in [0.2, 0.25) is 0 Å². The number of rotatable bonds is 10. The fraction of sp³-hybridized carbons (Fsp3) is 0.280. The van der Waals surface area contributed by atoms with Gasteiger partial charge in [-0.1, -0.05) is 25.1 Å². The number of esters is 4. The lowest BCUT2D eigenvalue weighted by atomic mass is 9.66. The first-order valence-electron chi connectivity index (χ1n) is 21.5. The Balaban J connectivity index is 0.824. The minimum Gasteiger partial charge on any atom is -0.502 e. The highest BCUT2D eigenvalue weighted by Crippen LogP contribution is 2.56. The Morgan fingerprint density at radius 2 is 1.61 bits per heavy atom. The number of carbonyl (C=O) groups is 4. The SMILES string of the molecule is CC[C@@]1(OC(=O)COc2ccc(C(=O)O[C@@H]3c4cc5c(cc4[C@@H](c4cc(OC)c(O)c(OC)c4)[C@H]4C(=O)OCC34)OCO5)cc2)C(=O)OCc2c1cc1n(c2=O)Cc2cc3ccccc3nc2-1. The van der Waals surface area contributed by atoms with Crippen LogP contribution in [-0.4, -0.2) is 72.8 Å². The van der Waals surface area contributed by atoms with E-state index in [1.165, 1.54) is 38.5 Å². The summed E-state index contributed by atoms with van der Waals surface area (Å²) < 4.78 is 53.0. The fourth-order valence-electron chi connectivity index (χ4n) is 10.1. The highest BCUT2D eigenvalue weighted by molar-refractivity contribution is 5.91. The molecule has 0 bridgehead atoms. The van der Waals surface area contributed by atoms with Crippen LogP contribution in [0.15, 0.2) is 89.7 Å². The Morgan fingerprint density at radius 1 is 0.881 bits per heavy atom. The average molecular weight is 909 g/mol. The Labute approximate surface area is 380 Å². The van der Waals surface area contributed by atoms with Gasteiger partial charge < -0.3 is 52.3 Å². The molecule has 1 N–H and O–H groups in total. The normalized spacial score (nSPS) is 21.5. The minimum atomic E-state index is -1.93. The molecular weight excluding hydrogens is 869 g/mol. The fourth-order valence-corrected chi connectivity index (χ4v) is 10.1. The first kappa shape index (κ1) is 41.6. The van der Waals surface area contributed by atoms with Crippen LogP contribution in [0, 0.1) is 11.8 Å².